The molecule has 0 radical (unpaired) electrons. The summed E-state index contributed by atoms with van der Waals surface area (Å²) < 4.78 is 10.1. The van der Waals surface area contributed by atoms with Gasteiger partial charge in [0.15, 0.2) is 0 Å². The van der Waals surface area contributed by atoms with Gasteiger partial charge in [0.2, 0.25) is 0 Å². The summed E-state index contributed by atoms with van der Waals surface area (Å²) in [7, 11) is 1.48. The largest absolute Gasteiger partial charge is 0.496 e. The first-order valence-electron chi connectivity index (χ1n) is 4.65. The Morgan fingerprint density at radius 1 is 1.38 bits per heavy atom. The summed E-state index contributed by atoms with van der Waals surface area (Å²) in [4.78, 5) is 22.9. The lowest BCUT2D eigenvalue weighted by atomic mass is 10.1. The summed E-state index contributed by atoms with van der Waals surface area (Å²) in [6.07, 6.45) is 0. The normalized spacial score (nSPS) is 9.69. The second-order valence-electron chi connectivity index (χ2n) is 2.87. The van der Waals surface area contributed by atoms with Crippen molar-refractivity contribution in [1.82, 2.24) is 0 Å². The van der Waals surface area contributed by atoms with Gasteiger partial charge in [0, 0.05) is 5.56 Å². The van der Waals surface area contributed by atoms with Gasteiger partial charge in [0.05, 0.1) is 18.2 Å². The number of hydrogen-bond donors (Lipinski definition) is 0. The zero-order valence-electron chi connectivity index (χ0n) is 8.95. The van der Waals surface area contributed by atoms with Crippen molar-refractivity contribution in [3.63, 3.8) is 0 Å². The standard InChI is InChI=1S/C11H11BrO4/c1-3-16-11(14)10(13)7-5-4-6-8(15-2)9(7)12/h4-6H,3H2,1-2H3. The molecule has 0 aliphatic heterocycles. The fourth-order valence-electron chi connectivity index (χ4n) is 1.15. The maximum atomic E-state index is 11.7. The molecule has 0 aromatic heterocycles. The number of ketones is 1. The van der Waals surface area contributed by atoms with E-state index in [2.05, 4.69) is 20.7 Å². The van der Waals surface area contributed by atoms with Gasteiger partial charge in [-0.2, -0.15) is 0 Å². The fraction of sp³-hybridized carbons (Fsp3) is 0.273. The molecule has 16 heavy (non-hydrogen) atoms. The molecule has 0 fully saturated rings. The maximum absolute atomic E-state index is 11.7. The second kappa shape index (κ2) is 5.65. The molecule has 86 valence electrons. The van der Waals surface area contributed by atoms with Crippen molar-refractivity contribution in [1.29, 1.82) is 0 Å². The van der Waals surface area contributed by atoms with Gasteiger partial charge >= 0.3 is 5.97 Å². The van der Waals surface area contributed by atoms with Crippen molar-refractivity contribution in [2.45, 2.75) is 6.92 Å². The molecule has 0 N–H and O–H groups in total. The van der Waals surface area contributed by atoms with Crippen LogP contribution in [0.15, 0.2) is 22.7 Å². The highest BCUT2D eigenvalue weighted by Gasteiger charge is 2.21. The van der Waals surface area contributed by atoms with Crippen LogP contribution < -0.4 is 4.74 Å². The van der Waals surface area contributed by atoms with E-state index in [9.17, 15) is 9.59 Å². The summed E-state index contributed by atoms with van der Waals surface area (Å²) in [5.74, 6) is -1.06. The molecule has 0 aliphatic carbocycles. The summed E-state index contributed by atoms with van der Waals surface area (Å²) >= 11 is 3.21. The Balaban J connectivity index is 3.04. The van der Waals surface area contributed by atoms with E-state index in [1.54, 1.807) is 19.1 Å². The molecule has 0 heterocycles. The van der Waals surface area contributed by atoms with Crippen LogP contribution in [0.5, 0.6) is 5.75 Å². The van der Waals surface area contributed by atoms with E-state index in [1.807, 2.05) is 0 Å². The Bertz CT molecular complexity index is 414. The zero-order chi connectivity index (χ0) is 12.1. The molecule has 0 bridgehead atoms. The molecule has 1 aromatic rings. The highest BCUT2D eigenvalue weighted by atomic mass is 79.9. The number of ether oxygens (including phenoxy) is 2. The molecule has 0 saturated carbocycles. The lowest BCUT2D eigenvalue weighted by molar-refractivity contribution is -0.137. The number of carbonyl (C=O) groups is 2. The summed E-state index contributed by atoms with van der Waals surface area (Å²) in [6.45, 7) is 1.82. The molecule has 4 nitrogen and oxygen atoms in total. The van der Waals surface area contributed by atoms with Crippen molar-refractivity contribution in [2.75, 3.05) is 13.7 Å². The number of rotatable bonds is 4. The quantitative estimate of drug-likeness (QED) is 0.484. The molecule has 0 amide bonds. The SMILES string of the molecule is CCOC(=O)C(=O)c1cccc(OC)c1Br. The van der Waals surface area contributed by atoms with Crippen molar-refractivity contribution in [3.8, 4) is 5.75 Å². The monoisotopic (exact) mass is 286 g/mol. The summed E-state index contributed by atoms with van der Waals surface area (Å²) in [5.41, 5.74) is 0.234. The van der Waals surface area contributed by atoms with E-state index >= 15 is 0 Å². The Kier molecular flexibility index (Phi) is 4.49. The number of Topliss-reactive ketones (excluding diaryl/α,β-unsaturated/α-hetero) is 1. The first kappa shape index (κ1) is 12.7. The molecule has 0 spiro atoms. The lowest BCUT2D eigenvalue weighted by Crippen LogP contribution is -2.18. The van der Waals surface area contributed by atoms with Crippen molar-refractivity contribution < 1.29 is 19.1 Å². The van der Waals surface area contributed by atoms with E-state index in [4.69, 9.17) is 4.74 Å². The van der Waals surface area contributed by atoms with Crippen molar-refractivity contribution in [3.05, 3.63) is 28.2 Å². The van der Waals surface area contributed by atoms with Crippen LogP contribution >= 0.6 is 15.9 Å². The predicted octanol–water partition coefficient (Wildman–Crippen LogP) is 2.20. The van der Waals surface area contributed by atoms with Crippen LogP contribution in [-0.4, -0.2) is 25.5 Å². The molecular weight excluding hydrogens is 276 g/mol. The zero-order valence-corrected chi connectivity index (χ0v) is 10.5. The van der Waals surface area contributed by atoms with Crippen LogP contribution in [0.2, 0.25) is 0 Å². The van der Waals surface area contributed by atoms with Gasteiger partial charge in [-0.05, 0) is 35.0 Å². The van der Waals surface area contributed by atoms with Crippen LogP contribution in [0.3, 0.4) is 0 Å². The van der Waals surface area contributed by atoms with E-state index in [1.165, 1.54) is 13.2 Å². The van der Waals surface area contributed by atoms with E-state index in [-0.39, 0.29) is 12.2 Å². The van der Waals surface area contributed by atoms with Gasteiger partial charge in [0.25, 0.3) is 5.78 Å². The fourth-order valence-corrected chi connectivity index (χ4v) is 1.76. The minimum Gasteiger partial charge on any atom is -0.496 e. The highest BCUT2D eigenvalue weighted by Crippen LogP contribution is 2.28. The van der Waals surface area contributed by atoms with Crippen LogP contribution in [0.25, 0.3) is 0 Å². The van der Waals surface area contributed by atoms with Crippen LogP contribution in [-0.2, 0) is 9.53 Å². The number of halogens is 1. The number of benzene rings is 1. The van der Waals surface area contributed by atoms with E-state index in [0.717, 1.165) is 0 Å². The molecule has 0 saturated heterocycles. The Labute approximate surface area is 102 Å². The Morgan fingerprint density at radius 2 is 2.06 bits per heavy atom. The highest BCUT2D eigenvalue weighted by molar-refractivity contribution is 9.10. The molecule has 1 rings (SSSR count). The van der Waals surface area contributed by atoms with Gasteiger partial charge in [-0.25, -0.2) is 4.79 Å². The third kappa shape index (κ3) is 2.61. The van der Waals surface area contributed by atoms with E-state index in [0.29, 0.717) is 10.2 Å². The molecule has 5 heteroatoms. The van der Waals surface area contributed by atoms with Gasteiger partial charge in [0.1, 0.15) is 5.75 Å². The van der Waals surface area contributed by atoms with Crippen LogP contribution in [0, 0.1) is 0 Å². The number of carbonyl (C=O) groups excluding carboxylic acids is 2. The molecule has 1 aromatic carbocycles. The molecule has 0 unspecified atom stereocenters. The minimum atomic E-state index is -0.864. The van der Waals surface area contributed by atoms with Gasteiger partial charge in [-0.15, -0.1) is 0 Å². The first-order valence-corrected chi connectivity index (χ1v) is 5.45. The van der Waals surface area contributed by atoms with Crippen LogP contribution in [0.4, 0.5) is 0 Å². The average molecular weight is 287 g/mol. The van der Waals surface area contributed by atoms with Gasteiger partial charge in [-0.3, -0.25) is 4.79 Å². The first-order chi connectivity index (χ1) is 7.61. The van der Waals surface area contributed by atoms with Gasteiger partial charge in [-0.1, -0.05) is 6.07 Å². The Morgan fingerprint density at radius 3 is 2.62 bits per heavy atom. The van der Waals surface area contributed by atoms with E-state index < -0.39 is 11.8 Å². The molecular formula is C11H11BrO4. The minimum absolute atomic E-state index is 0.173. The van der Waals surface area contributed by atoms with Crippen LogP contribution in [0.1, 0.15) is 17.3 Å². The number of esters is 1. The Hall–Kier alpha value is -1.36. The maximum Gasteiger partial charge on any atom is 0.379 e. The molecule has 0 atom stereocenters. The number of hydrogen-bond acceptors (Lipinski definition) is 4. The predicted molar refractivity (Wildman–Crippen MR) is 61.7 cm³/mol. The number of methoxy groups -OCH3 is 1. The van der Waals surface area contributed by atoms with Crippen molar-refractivity contribution in [2.24, 2.45) is 0 Å². The lowest BCUT2D eigenvalue weighted by Gasteiger charge is -2.07. The molecule has 0 aliphatic rings. The second-order valence-corrected chi connectivity index (χ2v) is 3.66. The van der Waals surface area contributed by atoms with Gasteiger partial charge < -0.3 is 9.47 Å². The smallest absolute Gasteiger partial charge is 0.379 e. The topological polar surface area (TPSA) is 52.6 Å². The van der Waals surface area contributed by atoms with Crippen molar-refractivity contribution >= 4 is 27.7 Å². The third-order valence-electron chi connectivity index (χ3n) is 1.89. The summed E-state index contributed by atoms with van der Waals surface area (Å²) in [5, 5.41) is 0. The summed E-state index contributed by atoms with van der Waals surface area (Å²) in [6, 6.07) is 4.86. The third-order valence-corrected chi connectivity index (χ3v) is 2.71. The average Bonchev–Trinajstić information content (AvgIpc) is 2.29.